The van der Waals surface area contributed by atoms with E-state index in [1.807, 2.05) is 0 Å². The maximum atomic E-state index is 12.9. The Labute approximate surface area is 147 Å². The number of amides is 1. The third kappa shape index (κ3) is 5.80. The molecule has 116 valence electrons. The molecule has 1 N–H and O–H groups in total. The van der Waals surface area contributed by atoms with Crippen LogP contribution in [-0.4, -0.2) is 51.5 Å². The van der Waals surface area contributed by atoms with Crippen LogP contribution in [0.5, 0.6) is 0 Å². The van der Waals surface area contributed by atoms with Gasteiger partial charge in [0, 0.05) is 19.2 Å². The first-order valence-corrected chi connectivity index (χ1v) is 6.86. The summed E-state index contributed by atoms with van der Waals surface area (Å²) in [6, 6.07) is -1.21. The smallest absolute Gasteiger partial charge is 1.00 e. The zero-order chi connectivity index (χ0) is 15.5. The number of carboxylic acid groups (broad SMARTS) is 1. The molecule has 5 nitrogen and oxygen atoms in total. The van der Waals surface area contributed by atoms with Crippen molar-refractivity contribution in [2.24, 2.45) is 5.92 Å². The van der Waals surface area contributed by atoms with E-state index in [9.17, 15) is 27.6 Å². The molecule has 1 fully saturated rings. The Kier molecular flexibility index (Phi) is 8.30. The summed E-state index contributed by atoms with van der Waals surface area (Å²) in [5.41, 5.74) is 0. The van der Waals surface area contributed by atoms with Gasteiger partial charge in [-0.25, -0.2) is 4.79 Å². The number of carboxylic acids is 1. The van der Waals surface area contributed by atoms with Crippen LogP contribution in [0, 0.1) is 5.92 Å². The van der Waals surface area contributed by atoms with Crippen LogP contribution in [0.15, 0.2) is 0 Å². The van der Waals surface area contributed by atoms with Crippen LogP contribution in [0.4, 0.5) is 13.2 Å². The van der Waals surface area contributed by atoms with Crippen molar-refractivity contribution in [3.05, 3.63) is 0 Å². The molecule has 1 rings (SSSR count). The van der Waals surface area contributed by atoms with Crippen molar-refractivity contribution in [1.29, 1.82) is 0 Å². The molecule has 1 unspecified atom stereocenters. The molecule has 0 aromatic rings. The summed E-state index contributed by atoms with van der Waals surface area (Å²) in [6.07, 6.45) is -4.30. The van der Waals surface area contributed by atoms with Gasteiger partial charge in [-0.3, -0.25) is 9.59 Å². The van der Waals surface area contributed by atoms with Crippen molar-refractivity contribution in [2.45, 2.75) is 32.0 Å². The second kappa shape index (κ2) is 8.40. The Morgan fingerprint density at radius 1 is 1.43 bits per heavy atom. The molecule has 1 aliphatic rings. The molecule has 0 saturated carbocycles. The second-order valence-corrected chi connectivity index (χ2v) is 5.62. The van der Waals surface area contributed by atoms with E-state index in [1.165, 1.54) is 0 Å². The SMILES string of the molecule is CC(=O)SCC(C(=O)N1CCC[C@H]1C(=O)O)C(F)(F)F.[H-].[Na+]. The van der Waals surface area contributed by atoms with Crippen LogP contribution in [0.3, 0.4) is 0 Å². The fraction of sp³-hybridized carbons (Fsp3) is 0.727. The van der Waals surface area contributed by atoms with Gasteiger partial charge in [0.1, 0.15) is 12.0 Å². The van der Waals surface area contributed by atoms with Gasteiger partial charge in [0.25, 0.3) is 0 Å². The summed E-state index contributed by atoms with van der Waals surface area (Å²) < 4.78 is 38.6. The molecule has 0 aromatic heterocycles. The number of likely N-dealkylation sites (tertiary alicyclic amines) is 1. The fourth-order valence-corrected chi connectivity index (χ4v) is 2.73. The average Bonchev–Trinajstić information content (AvgIpc) is 2.75. The Hall–Kier alpha value is -0.250. The van der Waals surface area contributed by atoms with Gasteiger partial charge >= 0.3 is 41.7 Å². The monoisotopic (exact) mass is 337 g/mol. The minimum atomic E-state index is -4.80. The van der Waals surface area contributed by atoms with E-state index >= 15 is 0 Å². The predicted octanol–water partition coefficient (Wildman–Crippen LogP) is -1.36. The Bertz CT molecular complexity index is 425. The molecule has 10 heteroatoms. The second-order valence-electron chi connectivity index (χ2n) is 4.42. The number of rotatable bonds is 4. The topological polar surface area (TPSA) is 74.7 Å². The largest absolute Gasteiger partial charge is 1.00 e. The number of halogens is 3. The summed E-state index contributed by atoms with van der Waals surface area (Å²) in [7, 11) is 0. The molecule has 1 amide bonds. The van der Waals surface area contributed by atoms with Gasteiger partial charge < -0.3 is 11.4 Å². The van der Waals surface area contributed by atoms with E-state index in [2.05, 4.69) is 0 Å². The van der Waals surface area contributed by atoms with Crippen molar-refractivity contribution in [1.82, 2.24) is 4.90 Å². The van der Waals surface area contributed by atoms with Crippen molar-refractivity contribution in [3.63, 3.8) is 0 Å². The van der Waals surface area contributed by atoms with Crippen LogP contribution in [0.25, 0.3) is 0 Å². The summed E-state index contributed by atoms with van der Waals surface area (Å²) in [6.45, 7) is 1.10. The van der Waals surface area contributed by atoms with E-state index in [0.717, 1.165) is 11.8 Å². The molecule has 0 radical (unpaired) electrons. The first kappa shape index (κ1) is 20.8. The van der Waals surface area contributed by atoms with Crippen LogP contribution in [0.1, 0.15) is 21.2 Å². The summed E-state index contributed by atoms with van der Waals surface area (Å²) in [4.78, 5) is 34.4. The van der Waals surface area contributed by atoms with Gasteiger partial charge in [0.05, 0.1) is 0 Å². The number of hydrogen-bond donors (Lipinski definition) is 1. The normalized spacial score (nSPS) is 19.8. The molecule has 1 aliphatic heterocycles. The van der Waals surface area contributed by atoms with Crippen LogP contribution in [-0.2, 0) is 14.4 Å². The number of nitrogens with zero attached hydrogens (tertiary/aromatic N) is 1. The number of thioether (sulfide) groups is 1. The number of hydrogen-bond acceptors (Lipinski definition) is 4. The van der Waals surface area contributed by atoms with Crippen molar-refractivity contribution in [3.8, 4) is 0 Å². The van der Waals surface area contributed by atoms with E-state index in [-0.39, 0.29) is 43.9 Å². The quantitative estimate of drug-likeness (QED) is 0.641. The molecule has 1 heterocycles. The maximum absolute atomic E-state index is 12.9. The minimum absolute atomic E-state index is 0. The van der Waals surface area contributed by atoms with E-state index in [0.29, 0.717) is 18.2 Å². The first-order valence-electron chi connectivity index (χ1n) is 5.88. The molecule has 0 spiro atoms. The molecular formula is C11H15F3NNaO4S. The predicted molar refractivity (Wildman–Crippen MR) is 66.2 cm³/mol. The molecule has 1 saturated heterocycles. The first-order chi connectivity index (χ1) is 9.14. The number of aliphatic carboxylic acids is 1. The van der Waals surface area contributed by atoms with Crippen LogP contribution < -0.4 is 29.6 Å². The van der Waals surface area contributed by atoms with E-state index in [4.69, 9.17) is 5.11 Å². The van der Waals surface area contributed by atoms with Gasteiger partial charge in [0.15, 0.2) is 5.12 Å². The van der Waals surface area contributed by atoms with Gasteiger partial charge in [-0.05, 0) is 12.8 Å². The van der Waals surface area contributed by atoms with Crippen molar-refractivity contribution >= 4 is 28.8 Å². The number of carbonyl (C=O) groups is 3. The van der Waals surface area contributed by atoms with Gasteiger partial charge in [-0.2, -0.15) is 13.2 Å². The Morgan fingerprint density at radius 2 is 2.00 bits per heavy atom. The zero-order valence-corrected chi connectivity index (χ0v) is 14.5. The summed E-state index contributed by atoms with van der Waals surface area (Å²) >= 11 is 0.409. The molecule has 0 aliphatic carbocycles. The Morgan fingerprint density at radius 3 is 2.43 bits per heavy atom. The maximum Gasteiger partial charge on any atom is 1.00 e. The molecule has 2 atom stereocenters. The molecule has 0 bridgehead atoms. The third-order valence-electron chi connectivity index (χ3n) is 2.97. The standard InChI is InChI=1S/C11H14F3NO4S.Na.H/c1-6(16)20-5-7(11(12,13)14)9(17)15-4-2-3-8(15)10(18)19;;/h7-8H,2-5H2,1H3,(H,18,19);;/q;+1;-1/t7?,8-;;/m0../s1. The van der Waals surface area contributed by atoms with Crippen LogP contribution in [0.2, 0.25) is 0 Å². The molecular weight excluding hydrogens is 322 g/mol. The fourth-order valence-electron chi connectivity index (χ4n) is 1.99. The molecule has 0 aromatic carbocycles. The molecule has 21 heavy (non-hydrogen) atoms. The van der Waals surface area contributed by atoms with E-state index in [1.54, 1.807) is 0 Å². The van der Waals surface area contributed by atoms with Crippen molar-refractivity contribution in [2.75, 3.05) is 12.3 Å². The number of carbonyl (C=O) groups excluding carboxylic acids is 2. The summed E-state index contributed by atoms with van der Waals surface area (Å²) in [5, 5.41) is 8.38. The van der Waals surface area contributed by atoms with Gasteiger partial charge in [0.2, 0.25) is 5.91 Å². The zero-order valence-electron chi connectivity index (χ0n) is 12.6. The third-order valence-corrected chi connectivity index (χ3v) is 3.87. The number of alkyl halides is 3. The average molecular weight is 337 g/mol. The van der Waals surface area contributed by atoms with E-state index < -0.39 is 40.9 Å². The van der Waals surface area contributed by atoms with Crippen molar-refractivity contribution < 1.29 is 63.6 Å². The Balaban J connectivity index is 0. The summed E-state index contributed by atoms with van der Waals surface area (Å²) in [5.74, 6) is -5.65. The van der Waals surface area contributed by atoms with Crippen LogP contribution >= 0.6 is 11.8 Å². The van der Waals surface area contributed by atoms with Gasteiger partial charge in [-0.15, -0.1) is 0 Å². The minimum Gasteiger partial charge on any atom is -1.00 e. The van der Waals surface area contributed by atoms with Gasteiger partial charge in [-0.1, -0.05) is 11.8 Å².